The molecular formula is C23H23N3O5. The minimum Gasteiger partial charge on any atom is -0.497 e. The maximum absolute atomic E-state index is 13.4. The molecule has 2 aromatic carbocycles. The van der Waals surface area contributed by atoms with Crippen molar-refractivity contribution in [3.05, 3.63) is 66.0 Å². The summed E-state index contributed by atoms with van der Waals surface area (Å²) in [7, 11) is 3.25. The lowest BCUT2D eigenvalue weighted by molar-refractivity contribution is 0.174. The van der Waals surface area contributed by atoms with E-state index in [9.17, 15) is 4.79 Å². The second kappa shape index (κ2) is 7.79. The van der Waals surface area contributed by atoms with Crippen LogP contribution in [0.3, 0.4) is 0 Å². The highest BCUT2D eigenvalue weighted by Crippen LogP contribution is 2.40. The Morgan fingerprint density at radius 3 is 2.74 bits per heavy atom. The molecule has 8 heteroatoms. The summed E-state index contributed by atoms with van der Waals surface area (Å²) in [5.74, 6) is 2.70. The number of nitrogens with zero attached hydrogens (tertiary/aromatic N) is 2. The highest BCUT2D eigenvalue weighted by Gasteiger charge is 2.34. The molecule has 0 radical (unpaired) electrons. The van der Waals surface area contributed by atoms with Gasteiger partial charge in [0.1, 0.15) is 17.5 Å². The Balaban J connectivity index is 1.51. The van der Waals surface area contributed by atoms with Gasteiger partial charge in [-0.05, 0) is 42.5 Å². The van der Waals surface area contributed by atoms with Crippen molar-refractivity contribution in [3.8, 4) is 23.0 Å². The zero-order valence-corrected chi connectivity index (χ0v) is 17.3. The first-order chi connectivity index (χ1) is 15.2. The molecule has 3 aromatic rings. The lowest BCUT2D eigenvalue weighted by atomic mass is 9.98. The molecule has 2 aliphatic rings. The average Bonchev–Trinajstić information content (AvgIpc) is 3.46. The average molecular weight is 421 g/mol. The molecule has 8 nitrogen and oxygen atoms in total. The summed E-state index contributed by atoms with van der Waals surface area (Å²) in [6.07, 6.45) is 2.03. The van der Waals surface area contributed by atoms with Crippen molar-refractivity contribution in [2.24, 2.45) is 0 Å². The number of anilines is 1. The summed E-state index contributed by atoms with van der Waals surface area (Å²) < 4.78 is 24.0. The van der Waals surface area contributed by atoms with Crippen LogP contribution in [0.1, 0.15) is 17.3 Å². The Morgan fingerprint density at radius 1 is 1.03 bits per heavy atom. The number of carbonyl (C=O) groups is 1. The van der Waals surface area contributed by atoms with Crippen LogP contribution < -0.4 is 24.3 Å². The van der Waals surface area contributed by atoms with E-state index in [-0.39, 0.29) is 18.9 Å². The third-order valence-corrected chi connectivity index (χ3v) is 5.65. The van der Waals surface area contributed by atoms with Crippen LogP contribution in [0.25, 0.3) is 0 Å². The first-order valence-corrected chi connectivity index (χ1v) is 10.0. The summed E-state index contributed by atoms with van der Waals surface area (Å²) in [4.78, 5) is 15.2. The SMILES string of the molecule is COc1ccc(OC)c([C@H]2c3cccn3CCN2C(=O)Nc2ccc3c(c2)OCO3)c1. The van der Waals surface area contributed by atoms with Crippen molar-refractivity contribution >= 4 is 11.7 Å². The lowest BCUT2D eigenvalue weighted by Gasteiger charge is -2.37. The number of hydrogen-bond acceptors (Lipinski definition) is 5. The van der Waals surface area contributed by atoms with E-state index in [2.05, 4.69) is 9.88 Å². The van der Waals surface area contributed by atoms with Crippen molar-refractivity contribution in [1.29, 1.82) is 0 Å². The van der Waals surface area contributed by atoms with Gasteiger partial charge in [-0.15, -0.1) is 0 Å². The first-order valence-electron chi connectivity index (χ1n) is 10.0. The van der Waals surface area contributed by atoms with Crippen LogP contribution in [-0.4, -0.2) is 43.1 Å². The number of hydrogen-bond donors (Lipinski definition) is 1. The largest absolute Gasteiger partial charge is 0.497 e. The van der Waals surface area contributed by atoms with E-state index in [1.54, 1.807) is 32.4 Å². The van der Waals surface area contributed by atoms with E-state index in [1.807, 2.05) is 41.4 Å². The summed E-state index contributed by atoms with van der Waals surface area (Å²) >= 11 is 0. The van der Waals surface area contributed by atoms with Gasteiger partial charge in [-0.1, -0.05) is 0 Å². The molecule has 0 saturated carbocycles. The molecule has 31 heavy (non-hydrogen) atoms. The van der Waals surface area contributed by atoms with Gasteiger partial charge in [-0.2, -0.15) is 0 Å². The number of benzene rings is 2. The summed E-state index contributed by atoms with van der Waals surface area (Å²) in [6, 6.07) is 14.5. The van der Waals surface area contributed by atoms with Crippen LogP contribution in [0, 0.1) is 0 Å². The topological polar surface area (TPSA) is 74.2 Å². The van der Waals surface area contributed by atoms with Crippen LogP contribution in [-0.2, 0) is 6.54 Å². The quantitative estimate of drug-likeness (QED) is 0.692. The molecule has 2 amide bonds. The summed E-state index contributed by atoms with van der Waals surface area (Å²) in [6.45, 7) is 1.44. The van der Waals surface area contributed by atoms with Crippen molar-refractivity contribution in [2.75, 3.05) is 32.9 Å². The Bertz CT molecular complexity index is 1130. The van der Waals surface area contributed by atoms with Crippen LogP contribution in [0.5, 0.6) is 23.0 Å². The van der Waals surface area contributed by atoms with Crippen LogP contribution in [0.2, 0.25) is 0 Å². The van der Waals surface area contributed by atoms with Crippen molar-refractivity contribution < 1.29 is 23.7 Å². The number of rotatable bonds is 4. The van der Waals surface area contributed by atoms with Crippen LogP contribution >= 0.6 is 0 Å². The molecule has 1 aromatic heterocycles. The fourth-order valence-corrected chi connectivity index (χ4v) is 4.15. The zero-order chi connectivity index (χ0) is 21.4. The molecular weight excluding hydrogens is 398 g/mol. The summed E-state index contributed by atoms with van der Waals surface area (Å²) in [5.41, 5.74) is 2.52. The number of amides is 2. The fraction of sp³-hybridized carbons (Fsp3) is 0.261. The van der Waals surface area contributed by atoms with Gasteiger partial charge in [-0.3, -0.25) is 0 Å². The van der Waals surface area contributed by atoms with E-state index in [4.69, 9.17) is 18.9 Å². The second-order valence-electron chi connectivity index (χ2n) is 7.33. The zero-order valence-electron chi connectivity index (χ0n) is 17.3. The fourth-order valence-electron chi connectivity index (χ4n) is 4.15. The summed E-state index contributed by atoms with van der Waals surface area (Å²) in [5, 5.41) is 3.00. The van der Waals surface area contributed by atoms with Gasteiger partial charge in [0.25, 0.3) is 0 Å². The standard InChI is InChI=1S/C23H23N3O5/c1-28-16-6-8-19(29-2)17(13-16)22-18-4-3-9-25(18)10-11-26(22)23(27)24-15-5-7-20-21(12-15)31-14-30-20/h3-9,12-13,22H,10-11,14H2,1-2H3,(H,24,27)/t22-/m0/s1. The van der Waals surface area contributed by atoms with Gasteiger partial charge in [0.15, 0.2) is 11.5 Å². The number of fused-ring (bicyclic) bond motifs is 2. The van der Waals surface area contributed by atoms with Gasteiger partial charge in [0, 0.05) is 42.3 Å². The number of methoxy groups -OCH3 is 2. The van der Waals surface area contributed by atoms with Gasteiger partial charge in [-0.25, -0.2) is 4.79 Å². The van der Waals surface area contributed by atoms with Gasteiger partial charge in [0.2, 0.25) is 6.79 Å². The monoisotopic (exact) mass is 421 g/mol. The third-order valence-electron chi connectivity index (χ3n) is 5.65. The van der Waals surface area contributed by atoms with Crippen molar-refractivity contribution in [2.45, 2.75) is 12.6 Å². The molecule has 3 heterocycles. The maximum Gasteiger partial charge on any atom is 0.322 e. The number of carbonyl (C=O) groups excluding carboxylic acids is 1. The molecule has 160 valence electrons. The van der Waals surface area contributed by atoms with Crippen molar-refractivity contribution in [1.82, 2.24) is 9.47 Å². The van der Waals surface area contributed by atoms with Crippen LogP contribution in [0.4, 0.5) is 10.5 Å². The Kier molecular flexibility index (Phi) is 4.82. The highest BCUT2D eigenvalue weighted by molar-refractivity contribution is 5.90. The lowest BCUT2D eigenvalue weighted by Crippen LogP contribution is -2.44. The van der Waals surface area contributed by atoms with Crippen LogP contribution in [0.15, 0.2) is 54.7 Å². The molecule has 2 aliphatic heterocycles. The van der Waals surface area contributed by atoms with E-state index >= 15 is 0 Å². The van der Waals surface area contributed by atoms with Crippen molar-refractivity contribution in [3.63, 3.8) is 0 Å². The molecule has 0 aliphatic carbocycles. The second-order valence-corrected chi connectivity index (χ2v) is 7.33. The minimum atomic E-state index is -0.331. The van der Waals surface area contributed by atoms with E-state index < -0.39 is 0 Å². The number of ether oxygens (including phenoxy) is 4. The third kappa shape index (κ3) is 3.39. The van der Waals surface area contributed by atoms with Gasteiger partial charge in [0.05, 0.1) is 14.2 Å². The minimum absolute atomic E-state index is 0.188. The van der Waals surface area contributed by atoms with Gasteiger partial charge >= 0.3 is 6.03 Å². The maximum atomic E-state index is 13.4. The Labute approximate surface area is 179 Å². The Hall–Kier alpha value is -3.81. The molecule has 0 bridgehead atoms. The van der Waals surface area contributed by atoms with E-state index in [1.165, 1.54) is 0 Å². The van der Waals surface area contributed by atoms with E-state index in [0.717, 1.165) is 11.3 Å². The molecule has 0 saturated heterocycles. The number of nitrogens with one attached hydrogen (secondary N) is 1. The smallest absolute Gasteiger partial charge is 0.322 e. The number of urea groups is 1. The Morgan fingerprint density at radius 2 is 1.90 bits per heavy atom. The molecule has 1 atom stereocenters. The molecule has 1 N–H and O–H groups in total. The van der Waals surface area contributed by atoms with Gasteiger partial charge < -0.3 is 33.7 Å². The molecule has 0 spiro atoms. The first kappa shape index (κ1) is 19.2. The molecule has 5 rings (SSSR count). The number of aromatic nitrogens is 1. The molecule has 0 unspecified atom stereocenters. The predicted octanol–water partition coefficient (Wildman–Crippen LogP) is 3.87. The normalized spacial score (nSPS) is 16.6. The predicted molar refractivity (Wildman–Crippen MR) is 114 cm³/mol. The highest BCUT2D eigenvalue weighted by atomic mass is 16.7. The van der Waals surface area contributed by atoms with E-state index in [0.29, 0.717) is 41.8 Å². The molecule has 0 fully saturated rings.